The Kier molecular flexibility index (Phi) is 6.04. The highest BCUT2D eigenvalue weighted by molar-refractivity contribution is 7.07. The SMILES string of the molecule is CN=C(NCc1ccsc1)NCC1(c2cccc(F)c2)CCOCC1. The van der Waals surface area contributed by atoms with Gasteiger partial charge in [-0.05, 0) is 52.9 Å². The smallest absolute Gasteiger partial charge is 0.191 e. The second-order valence-corrected chi connectivity index (χ2v) is 7.09. The minimum absolute atomic E-state index is 0.139. The van der Waals surface area contributed by atoms with E-state index in [-0.39, 0.29) is 11.2 Å². The van der Waals surface area contributed by atoms with Crippen LogP contribution in [0.5, 0.6) is 0 Å². The number of hydrogen-bond donors (Lipinski definition) is 2. The number of benzene rings is 1. The van der Waals surface area contributed by atoms with Crippen LogP contribution in [0.1, 0.15) is 24.0 Å². The number of rotatable bonds is 5. The van der Waals surface area contributed by atoms with Crippen molar-refractivity contribution in [2.75, 3.05) is 26.8 Å². The zero-order chi connectivity index (χ0) is 17.5. The Morgan fingerprint density at radius 2 is 2.12 bits per heavy atom. The summed E-state index contributed by atoms with van der Waals surface area (Å²) < 4.78 is 19.3. The van der Waals surface area contributed by atoms with Crippen LogP contribution < -0.4 is 10.6 Å². The normalized spacial score (nSPS) is 17.3. The molecule has 0 spiro atoms. The van der Waals surface area contributed by atoms with Crippen molar-refractivity contribution in [1.82, 2.24) is 10.6 Å². The first-order valence-corrected chi connectivity index (χ1v) is 9.45. The molecule has 0 amide bonds. The van der Waals surface area contributed by atoms with E-state index in [0.717, 1.165) is 30.9 Å². The van der Waals surface area contributed by atoms with E-state index in [2.05, 4.69) is 32.5 Å². The monoisotopic (exact) mass is 361 g/mol. The molecule has 2 N–H and O–H groups in total. The standard InChI is InChI=1S/C19H24FN3OS/c1-21-18(22-12-15-5-10-25-13-15)23-14-19(6-8-24-9-7-19)16-3-2-4-17(20)11-16/h2-5,10-11,13H,6-9,12,14H2,1H3,(H2,21,22,23). The van der Waals surface area contributed by atoms with Crippen molar-refractivity contribution in [3.05, 3.63) is 58.0 Å². The second kappa shape index (κ2) is 8.45. The number of ether oxygens (including phenoxy) is 1. The molecule has 0 unspecified atom stereocenters. The van der Waals surface area contributed by atoms with Crippen molar-refractivity contribution >= 4 is 17.3 Å². The maximum Gasteiger partial charge on any atom is 0.191 e. The molecular formula is C19H24FN3OS. The maximum absolute atomic E-state index is 13.7. The Morgan fingerprint density at radius 3 is 2.80 bits per heavy atom. The largest absolute Gasteiger partial charge is 0.381 e. The molecule has 0 atom stereocenters. The van der Waals surface area contributed by atoms with Crippen molar-refractivity contribution in [3.63, 3.8) is 0 Å². The fourth-order valence-electron chi connectivity index (χ4n) is 3.20. The average molecular weight is 361 g/mol. The van der Waals surface area contributed by atoms with Gasteiger partial charge < -0.3 is 15.4 Å². The molecule has 0 saturated carbocycles. The predicted octanol–water partition coefficient (Wildman–Crippen LogP) is 3.30. The van der Waals surface area contributed by atoms with Gasteiger partial charge in [-0.1, -0.05) is 12.1 Å². The van der Waals surface area contributed by atoms with Gasteiger partial charge in [-0.25, -0.2) is 4.39 Å². The number of nitrogens with one attached hydrogen (secondary N) is 2. The van der Waals surface area contributed by atoms with E-state index in [9.17, 15) is 4.39 Å². The number of guanidine groups is 1. The predicted molar refractivity (Wildman–Crippen MR) is 101 cm³/mol. The molecule has 0 bridgehead atoms. The van der Waals surface area contributed by atoms with Gasteiger partial charge in [0.05, 0.1) is 0 Å². The molecule has 2 heterocycles. The summed E-state index contributed by atoms with van der Waals surface area (Å²) in [5.41, 5.74) is 2.12. The molecule has 1 aromatic carbocycles. The van der Waals surface area contributed by atoms with Crippen molar-refractivity contribution < 1.29 is 9.13 Å². The van der Waals surface area contributed by atoms with E-state index in [1.807, 2.05) is 6.07 Å². The van der Waals surface area contributed by atoms with E-state index in [0.29, 0.717) is 19.8 Å². The van der Waals surface area contributed by atoms with Gasteiger partial charge in [0.25, 0.3) is 0 Å². The van der Waals surface area contributed by atoms with Gasteiger partial charge in [-0.2, -0.15) is 11.3 Å². The summed E-state index contributed by atoms with van der Waals surface area (Å²) in [6, 6.07) is 9.03. The lowest BCUT2D eigenvalue weighted by Gasteiger charge is -2.38. The minimum Gasteiger partial charge on any atom is -0.381 e. The summed E-state index contributed by atoms with van der Waals surface area (Å²) in [5.74, 6) is 0.566. The van der Waals surface area contributed by atoms with Crippen LogP contribution in [0.4, 0.5) is 4.39 Å². The van der Waals surface area contributed by atoms with Crippen molar-refractivity contribution in [3.8, 4) is 0 Å². The third kappa shape index (κ3) is 4.58. The topological polar surface area (TPSA) is 45.7 Å². The van der Waals surface area contributed by atoms with Gasteiger partial charge >= 0.3 is 0 Å². The Morgan fingerprint density at radius 1 is 1.28 bits per heavy atom. The van der Waals surface area contributed by atoms with Crippen LogP contribution in [0, 0.1) is 5.82 Å². The highest BCUT2D eigenvalue weighted by Gasteiger charge is 2.34. The van der Waals surface area contributed by atoms with Gasteiger partial charge in [0.15, 0.2) is 5.96 Å². The molecule has 1 aromatic heterocycles. The molecule has 0 radical (unpaired) electrons. The highest BCUT2D eigenvalue weighted by atomic mass is 32.1. The third-order valence-corrected chi connectivity index (χ3v) is 5.48. The fraction of sp³-hybridized carbons (Fsp3) is 0.421. The maximum atomic E-state index is 13.7. The molecule has 1 aliphatic heterocycles. The van der Waals surface area contributed by atoms with Gasteiger partial charge in [0, 0.05) is 38.8 Å². The van der Waals surface area contributed by atoms with E-state index in [1.54, 1.807) is 30.5 Å². The zero-order valence-electron chi connectivity index (χ0n) is 14.4. The Bertz CT molecular complexity index is 696. The molecule has 2 aromatic rings. The zero-order valence-corrected chi connectivity index (χ0v) is 15.2. The number of halogens is 1. The van der Waals surface area contributed by atoms with Crippen molar-refractivity contribution in [2.24, 2.45) is 4.99 Å². The lowest BCUT2D eigenvalue weighted by Crippen LogP contribution is -2.47. The Balaban J connectivity index is 1.67. The lowest BCUT2D eigenvalue weighted by molar-refractivity contribution is 0.0513. The molecule has 3 rings (SSSR count). The van der Waals surface area contributed by atoms with Crippen LogP contribution in [0.3, 0.4) is 0 Å². The molecule has 134 valence electrons. The van der Waals surface area contributed by atoms with Crippen LogP contribution in [0.15, 0.2) is 46.1 Å². The quantitative estimate of drug-likeness (QED) is 0.634. The molecule has 1 aliphatic rings. The average Bonchev–Trinajstić information content (AvgIpc) is 3.16. The van der Waals surface area contributed by atoms with Crippen LogP contribution in [-0.4, -0.2) is 32.8 Å². The first-order chi connectivity index (χ1) is 12.2. The third-order valence-electron chi connectivity index (χ3n) is 4.74. The summed E-state index contributed by atoms with van der Waals surface area (Å²) in [6.07, 6.45) is 1.73. The number of thiophene rings is 1. The summed E-state index contributed by atoms with van der Waals surface area (Å²) in [4.78, 5) is 4.31. The molecular weight excluding hydrogens is 337 g/mol. The van der Waals surface area contributed by atoms with Crippen LogP contribution in [0.25, 0.3) is 0 Å². The van der Waals surface area contributed by atoms with Crippen LogP contribution >= 0.6 is 11.3 Å². The number of aliphatic imine (C=N–C) groups is 1. The van der Waals surface area contributed by atoms with Crippen molar-refractivity contribution in [1.29, 1.82) is 0 Å². The summed E-state index contributed by atoms with van der Waals surface area (Å²) in [5, 5.41) is 10.9. The van der Waals surface area contributed by atoms with E-state index in [4.69, 9.17) is 4.74 Å². The Labute approximate surface area is 152 Å². The van der Waals surface area contributed by atoms with Crippen LogP contribution in [-0.2, 0) is 16.7 Å². The van der Waals surface area contributed by atoms with Gasteiger partial charge in [0.2, 0.25) is 0 Å². The van der Waals surface area contributed by atoms with Crippen LogP contribution in [0.2, 0.25) is 0 Å². The summed E-state index contributed by atoms with van der Waals surface area (Å²) in [6.45, 7) is 2.82. The molecule has 0 aliphatic carbocycles. The van der Waals surface area contributed by atoms with Gasteiger partial charge in [-0.3, -0.25) is 4.99 Å². The molecule has 1 saturated heterocycles. The Hall–Kier alpha value is -1.92. The molecule has 6 heteroatoms. The van der Waals surface area contributed by atoms with Gasteiger partial charge in [0.1, 0.15) is 5.82 Å². The van der Waals surface area contributed by atoms with E-state index in [1.165, 1.54) is 11.6 Å². The van der Waals surface area contributed by atoms with E-state index >= 15 is 0 Å². The minimum atomic E-state index is -0.191. The molecule has 25 heavy (non-hydrogen) atoms. The van der Waals surface area contributed by atoms with Gasteiger partial charge in [-0.15, -0.1) is 0 Å². The highest BCUT2D eigenvalue weighted by Crippen LogP contribution is 2.34. The molecule has 4 nitrogen and oxygen atoms in total. The molecule has 1 fully saturated rings. The fourth-order valence-corrected chi connectivity index (χ4v) is 3.87. The first kappa shape index (κ1) is 17.9. The summed E-state index contributed by atoms with van der Waals surface area (Å²) >= 11 is 1.68. The first-order valence-electron chi connectivity index (χ1n) is 8.51. The summed E-state index contributed by atoms with van der Waals surface area (Å²) in [7, 11) is 1.77. The number of hydrogen-bond acceptors (Lipinski definition) is 3. The number of nitrogens with zero attached hydrogens (tertiary/aromatic N) is 1. The lowest BCUT2D eigenvalue weighted by atomic mass is 9.74. The second-order valence-electron chi connectivity index (χ2n) is 6.31. The van der Waals surface area contributed by atoms with Crippen molar-refractivity contribution in [2.45, 2.75) is 24.8 Å². The van der Waals surface area contributed by atoms with E-state index < -0.39 is 0 Å².